The first-order valence-corrected chi connectivity index (χ1v) is 10.4. The highest BCUT2D eigenvalue weighted by atomic mass is 127. The summed E-state index contributed by atoms with van der Waals surface area (Å²) in [6.07, 6.45) is 9.46. The molecule has 0 radical (unpaired) electrons. The third kappa shape index (κ3) is 4.66. The number of hydrogen-bond donors (Lipinski definition) is 1. The Morgan fingerprint density at radius 2 is 1.96 bits per heavy atom. The van der Waals surface area contributed by atoms with Gasteiger partial charge in [0.25, 0.3) is 0 Å². The summed E-state index contributed by atoms with van der Waals surface area (Å²) in [6.45, 7) is 8.87. The first-order valence-electron chi connectivity index (χ1n) is 10.4. The van der Waals surface area contributed by atoms with Gasteiger partial charge in [0.2, 0.25) is 0 Å². The molecule has 0 amide bonds. The number of rotatable bonds is 6. The van der Waals surface area contributed by atoms with Crippen LogP contribution in [0.15, 0.2) is 4.99 Å². The molecular formula is C20H38IN3O2. The molecule has 0 aromatic carbocycles. The fourth-order valence-electron chi connectivity index (χ4n) is 5.16. The Morgan fingerprint density at radius 1 is 1.19 bits per heavy atom. The van der Waals surface area contributed by atoms with Crippen molar-refractivity contribution in [3.63, 3.8) is 0 Å². The second kappa shape index (κ2) is 10.5. The molecule has 2 aliphatic carbocycles. The van der Waals surface area contributed by atoms with Gasteiger partial charge in [-0.15, -0.1) is 24.0 Å². The molecule has 0 bridgehead atoms. The van der Waals surface area contributed by atoms with E-state index in [1.165, 1.54) is 38.5 Å². The van der Waals surface area contributed by atoms with Crippen LogP contribution in [0.4, 0.5) is 0 Å². The van der Waals surface area contributed by atoms with E-state index in [1.807, 2.05) is 7.05 Å². The second-order valence-corrected chi connectivity index (χ2v) is 7.98. The van der Waals surface area contributed by atoms with Crippen LogP contribution in [0.1, 0.15) is 58.8 Å². The Hall–Kier alpha value is -0.0800. The Kier molecular flexibility index (Phi) is 8.94. The van der Waals surface area contributed by atoms with E-state index < -0.39 is 0 Å². The van der Waals surface area contributed by atoms with Gasteiger partial charge in [-0.1, -0.05) is 19.3 Å². The molecule has 26 heavy (non-hydrogen) atoms. The number of halogens is 1. The standard InChI is InChI=1S/C20H37N3O2.HI/c1-4-24-15-16-9-12-23(14-16)19(21-3)22-17-13-18(25-5-2)20(17)10-7-6-8-11-20;/h16-18H,4-15H2,1-3H3,(H,21,22);1H. The highest BCUT2D eigenvalue weighted by Gasteiger charge is 2.56. The highest BCUT2D eigenvalue weighted by molar-refractivity contribution is 14.0. The number of nitrogens with one attached hydrogen (secondary N) is 1. The Balaban J connectivity index is 0.00000243. The molecule has 3 rings (SSSR count). The lowest BCUT2D eigenvalue weighted by Crippen LogP contribution is -2.66. The zero-order chi connectivity index (χ0) is 17.7. The largest absolute Gasteiger partial charge is 0.381 e. The monoisotopic (exact) mass is 479 g/mol. The third-order valence-electron chi connectivity index (χ3n) is 6.60. The summed E-state index contributed by atoms with van der Waals surface area (Å²) < 4.78 is 11.7. The van der Waals surface area contributed by atoms with Gasteiger partial charge in [-0.05, 0) is 39.5 Å². The van der Waals surface area contributed by atoms with Crippen molar-refractivity contribution < 1.29 is 9.47 Å². The topological polar surface area (TPSA) is 46.1 Å². The molecule has 1 saturated heterocycles. The summed E-state index contributed by atoms with van der Waals surface area (Å²) in [7, 11) is 1.92. The summed E-state index contributed by atoms with van der Waals surface area (Å²) in [5.74, 6) is 1.73. The van der Waals surface area contributed by atoms with Crippen LogP contribution in [0.5, 0.6) is 0 Å². The Morgan fingerprint density at radius 3 is 2.62 bits per heavy atom. The molecule has 1 spiro atoms. The van der Waals surface area contributed by atoms with Gasteiger partial charge in [0.05, 0.1) is 12.7 Å². The SMILES string of the molecule is CCOCC1CCN(C(=NC)NC2CC(OCC)C23CCCCC3)C1.I. The molecule has 1 heterocycles. The Labute approximate surface area is 176 Å². The molecule has 1 N–H and O–H groups in total. The van der Waals surface area contributed by atoms with E-state index in [-0.39, 0.29) is 24.0 Å². The van der Waals surface area contributed by atoms with Crippen molar-refractivity contribution >= 4 is 29.9 Å². The molecule has 152 valence electrons. The lowest BCUT2D eigenvalue weighted by atomic mass is 9.55. The van der Waals surface area contributed by atoms with Gasteiger partial charge in [0.15, 0.2) is 5.96 Å². The maximum absolute atomic E-state index is 6.09. The van der Waals surface area contributed by atoms with E-state index in [0.717, 1.165) is 45.3 Å². The summed E-state index contributed by atoms with van der Waals surface area (Å²) in [4.78, 5) is 7.03. The molecule has 5 nitrogen and oxygen atoms in total. The predicted octanol–water partition coefficient (Wildman–Crippen LogP) is 3.67. The number of aliphatic imine (C=N–C) groups is 1. The summed E-state index contributed by atoms with van der Waals surface area (Å²) in [5, 5.41) is 3.83. The van der Waals surface area contributed by atoms with Gasteiger partial charge >= 0.3 is 0 Å². The van der Waals surface area contributed by atoms with Gasteiger partial charge in [-0.2, -0.15) is 0 Å². The van der Waals surface area contributed by atoms with Gasteiger partial charge < -0.3 is 19.7 Å². The number of hydrogen-bond acceptors (Lipinski definition) is 3. The average Bonchev–Trinajstić information content (AvgIpc) is 3.12. The summed E-state index contributed by atoms with van der Waals surface area (Å²) >= 11 is 0. The van der Waals surface area contributed by atoms with Crippen LogP contribution in [0, 0.1) is 11.3 Å². The van der Waals surface area contributed by atoms with Crippen LogP contribution in [-0.4, -0.2) is 63.0 Å². The molecule has 0 aromatic heterocycles. The average molecular weight is 479 g/mol. The lowest BCUT2D eigenvalue weighted by Gasteiger charge is -2.58. The minimum atomic E-state index is 0. The van der Waals surface area contributed by atoms with E-state index >= 15 is 0 Å². The van der Waals surface area contributed by atoms with Gasteiger partial charge in [-0.25, -0.2) is 0 Å². The van der Waals surface area contributed by atoms with Crippen LogP contribution < -0.4 is 5.32 Å². The van der Waals surface area contributed by atoms with E-state index in [9.17, 15) is 0 Å². The fraction of sp³-hybridized carbons (Fsp3) is 0.950. The first kappa shape index (κ1) is 22.2. The van der Waals surface area contributed by atoms with Crippen molar-refractivity contribution in [2.75, 3.05) is 40.0 Å². The number of guanidine groups is 1. The molecule has 2 saturated carbocycles. The van der Waals surface area contributed by atoms with E-state index in [1.54, 1.807) is 0 Å². The normalized spacial score (nSPS) is 30.8. The van der Waals surface area contributed by atoms with E-state index in [0.29, 0.717) is 23.5 Å². The van der Waals surface area contributed by atoms with Gasteiger partial charge in [0, 0.05) is 50.7 Å². The third-order valence-corrected chi connectivity index (χ3v) is 6.60. The number of ether oxygens (including phenoxy) is 2. The van der Waals surface area contributed by atoms with Crippen LogP contribution in [-0.2, 0) is 9.47 Å². The van der Waals surface area contributed by atoms with Crippen LogP contribution in [0.3, 0.4) is 0 Å². The zero-order valence-corrected chi connectivity index (χ0v) is 19.2. The molecular weight excluding hydrogens is 441 g/mol. The smallest absolute Gasteiger partial charge is 0.193 e. The van der Waals surface area contributed by atoms with Crippen molar-refractivity contribution in [2.24, 2.45) is 16.3 Å². The predicted molar refractivity (Wildman–Crippen MR) is 117 cm³/mol. The first-order chi connectivity index (χ1) is 12.2. The minimum Gasteiger partial charge on any atom is -0.381 e. The second-order valence-electron chi connectivity index (χ2n) is 7.98. The van der Waals surface area contributed by atoms with Crippen molar-refractivity contribution in [1.29, 1.82) is 0 Å². The minimum absolute atomic E-state index is 0. The fourth-order valence-corrected chi connectivity index (χ4v) is 5.16. The molecule has 1 aliphatic heterocycles. The molecule has 0 aromatic rings. The van der Waals surface area contributed by atoms with Gasteiger partial charge in [-0.3, -0.25) is 4.99 Å². The number of likely N-dealkylation sites (tertiary alicyclic amines) is 1. The van der Waals surface area contributed by atoms with Crippen molar-refractivity contribution in [2.45, 2.75) is 70.9 Å². The van der Waals surface area contributed by atoms with E-state index in [2.05, 4.69) is 29.1 Å². The van der Waals surface area contributed by atoms with Crippen LogP contribution >= 0.6 is 24.0 Å². The molecule has 3 aliphatic rings. The number of nitrogens with zero attached hydrogens (tertiary/aromatic N) is 2. The molecule has 3 atom stereocenters. The van der Waals surface area contributed by atoms with Crippen LogP contribution in [0.2, 0.25) is 0 Å². The van der Waals surface area contributed by atoms with E-state index in [4.69, 9.17) is 9.47 Å². The lowest BCUT2D eigenvalue weighted by molar-refractivity contribution is -0.146. The quantitative estimate of drug-likeness (QED) is 0.359. The van der Waals surface area contributed by atoms with Gasteiger partial charge in [0.1, 0.15) is 0 Å². The molecule has 3 unspecified atom stereocenters. The summed E-state index contributed by atoms with van der Waals surface area (Å²) in [5.41, 5.74) is 0.342. The van der Waals surface area contributed by atoms with Crippen molar-refractivity contribution in [1.82, 2.24) is 10.2 Å². The van der Waals surface area contributed by atoms with Crippen molar-refractivity contribution in [3.05, 3.63) is 0 Å². The Bertz CT molecular complexity index is 454. The van der Waals surface area contributed by atoms with Crippen LogP contribution in [0.25, 0.3) is 0 Å². The maximum Gasteiger partial charge on any atom is 0.193 e. The zero-order valence-electron chi connectivity index (χ0n) is 16.8. The molecule has 6 heteroatoms. The summed E-state index contributed by atoms with van der Waals surface area (Å²) in [6, 6.07) is 0.522. The highest BCUT2D eigenvalue weighted by Crippen LogP contribution is 2.53. The molecule has 3 fully saturated rings. The van der Waals surface area contributed by atoms with Crippen molar-refractivity contribution in [3.8, 4) is 0 Å². The maximum atomic E-state index is 6.09.